The number of aromatic nitrogens is 1. The van der Waals surface area contributed by atoms with Crippen molar-refractivity contribution in [2.75, 3.05) is 0 Å². The van der Waals surface area contributed by atoms with Crippen LogP contribution >= 0.6 is 0 Å². The third-order valence-corrected chi connectivity index (χ3v) is 3.13. The second kappa shape index (κ2) is 5.66. The zero-order valence-corrected chi connectivity index (χ0v) is 10.6. The van der Waals surface area contributed by atoms with Crippen molar-refractivity contribution in [2.45, 2.75) is 40.2 Å². The predicted molar refractivity (Wildman–Crippen MR) is 65.5 cm³/mol. The van der Waals surface area contributed by atoms with Gasteiger partial charge in [-0.3, -0.25) is 4.79 Å². The maximum absolute atomic E-state index is 11.3. The third kappa shape index (κ3) is 3.19. The third-order valence-electron chi connectivity index (χ3n) is 3.13. The number of nitrogens with zero attached hydrogens (tertiary/aromatic N) is 1. The molecule has 1 rings (SSSR count). The summed E-state index contributed by atoms with van der Waals surface area (Å²) in [7, 11) is 0. The van der Waals surface area contributed by atoms with E-state index >= 15 is 0 Å². The molecule has 1 aromatic rings. The van der Waals surface area contributed by atoms with Crippen molar-refractivity contribution in [1.29, 1.82) is 0 Å². The topological polar surface area (TPSA) is 59.3 Å². The van der Waals surface area contributed by atoms with Crippen molar-refractivity contribution in [3.8, 4) is 0 Å². The Kier molecular flexibility index (Phi) is 4.49. The summed E-state index contributed by atoms with van der Waals surface area (Å²) in [6, 6.07) is 1.45. The molecule has 0 aliphatic heterocycles. The molecule has 94 valence electrons. The number of aromatic carboxylic acids is 1. The molecule has 0 atom stereocenters. The van der Waals surface area contributed by atoms with Crippen LogP contribution in [0.3, 0.4) is 0 Å². The molecule has 0 fully saturated rings. The Hall–Kier alpha value is -1.58. The van der Waals surface area contributed by atoms with Gasteiger partial charge in [0.1, 0.15) is 5.69 Å². The minimum Gasteiger partial charge on any atom is -0.477 e. The number of carboxylic acids is 1. The molecule has 0 radical (unpaired) electrons. The van der Waals surface area contributed by atoms with Crippen molar-refractivity contribution in [3.05, 3.63) is 23.5 Å². The zero-order valence-electron chi connectivity index (χ0n) is 10.6. The number of hydrogen-bond donors (Lipinski definition) is 1. The standard InChI is InChI=1S/C13H19NO3/c1-4-10(5-2)7-14-8-11(9(3)15)6-12(14)13(16)17/h6,8,10H,4-5,7H2,1-3H3,(H,16,17). The summed E-state index contributed by atoms with van der Waals surface area (Å²) < 4.78 is 1.68. The monoisotopic (exact) mass is 237 g/mol. The van der Waals surface area contributed by atoms with E-state index in [4.69, 9.17) is 5.11 Å². The lowest BCUT2D eigenvalue weighted by Gasteiger charge is -2.14. The first-order chi connectivity index (χ1) is 7.99. The Morgan fingerprint density at radius 3 is 2.35 bits per heavy atom. The van der Waals surface area contributed by atoms with Crippen LogP contribution in [0.5, 0.6) is 0 Å². The highest BCUT2D eigenvalue weighted by Crippen LogP contribution is 2.16. The Morgan fingerprint density at radius 1 is 1.35 bits per heavy atom. The van der Waals surface area contributed by atoms with Gasteiger partial charge in [-0.1, -0.05) is 26.7 Å². The Balaban J connectivity index is 3.04. The lowest BCUT2D eigenvalue weighted by Crippen LogP contribution is -2.13. The molecule has 0 spiro atoms. The van der Waals surface area contributed by atoms with E-state index in [1.54, 1.807) is 10.8 Å². The summed E-state index contributed by atoms with van der Waals surface area (Å²) in [5.41, 5.74) is 0.662. The second-order valence-corrected chi connectivity index (χ2v) is 4.31. The van der Waals surface area contributed by atoms with Gasteiger partial charge in [-0.25, -0.2) is 4.79 Å². The number of rotatable bonds is 6. The van der Waals surface area contributed by atoms with Gasteiger partial charge in [-0.05, 0) is 18.9 Å². The molecular weight excluding hydrogens is 218 g/mol. The fourth-order valence-corrected chi connectivity index (χ4v) is 1.86. The molecule has 0 saturated heterocycles. The summed E-state index contributed by atoms with van der Waals surface area (Å²) in [5, 5.41) is 9.09. The molecule has 4 heteroatoms. The molecule has 0 aliphatic rings. The minimum absolute atomic E-state index is 0.101. The average Bonchev–Trinajstić information content (AvgIpc) is 2.69. The predicted octanol–water partition coefficient (Wildman–Crippen LogP) is 2.83. The van der Waals surface area contributed by atoms with Gasteiger partial charge < -0.3 is 9.67 Å². The molecule has 0 aliphatic carbocycles. The van der Waals surface area contributed by atoms with Crippen LogP contribution in [0.15, 0.2) is 12.3 Å². The van der Waals surface area contributed by atoms with Crippen LogP contribution in [0.2, 0.25) is 0 Å². The first kappa shape index (κ1) is 13.5. The van der Waals surface area contributed by atoms with Crippen molar-refractivity contribution >= 4 is 11.8 Å². The second-order valence-electron chi connectivity index (χ2n) is 4.31. The van der Waals surface area contributed by atoms with E-state index in [1.165, 1.54) is 13.0 Å². The fourth-order valence-electron chi connectivity index (χ4n) is 1.86. The van der Waals surface area contributed by atoms with Crippen LogP contribution in [-0.2, 0) is 6.54 Å². The quantitative estimate of drug-likeness (QED) is 0.774. The zero-order chi connectivity index (χ0) is 13.0. The number of carbonyl (C=O) groups is 2. The molecule has 0 bridgehead atoms. The van der Waals surface area contributed by atoms with Gasteiger partial charge in [0.25, 0.3) is 0 Å². The van der Waals surface area contributed by atoms with Crippen LogP contribution in [0.1, 0.15) is 54.5 Å². The largest absolute Gasteiger partial charge is 0.477 e. The number of carboxylic acid groups (broad SMARTS) is 1. The van der Waals surface area contributed by atoms with Crippen LogP contribution in [0.25, 0.3) is 0 Å². The Morgan fingerprint density at radius 2 is 1.94 bits per heavy atom. The molecule has 0 aromatic carbocycles. The molecule has 1 heterocycles. The van der Waals surface area contributed by atoms with Crippen LogP contribution in [0.4, 0.5) is 0 Å². The summed E-state index contributed by atoms with van der Waals surface area (Å²) in [4.78, 5) is 22.3. The lowest BCUT2D eigenvalue weighted by atomic mass is 10.0. The van der Waals surface area contributed by atoms with Crippen molar-refractivity contribution in [1.82, 2.24) is 4.57 Å². The highest BCUT2D eigenvalue weighted by Gasteiger charge is 2.16. The highest BCUT2D eigenvalue weighted by atomic mass is 16.4. The van der Waals surface area contributed by atoms with Gasteiger partial charge in [-0.15, -0.1) is 0 Å². The van der Waals surface area contributed by atoms with Gasteiger partial charge >= 0.3 is 5.97 Å². The summed E-state index contributed by atoms with van der Waals surface area (Å²) in [6.45, 7) is 6.28. The van der Waals surface area contributed by atoms with E-state index in [2.05, 4.69) is 13.8 Å². The van der Waals surface area contributed by atoms with Crippen LogP contribution in [-0.4, -0.2) is 21.4 Å². The van der Waals surface area contributed by atoms with E-state index in [0.29, 0.717) is 18.0 Å². The summed E-state index contributed by atoms with van der Waals surface area (Å²) in [6.07, 6.45) is 3.65. The molecule has 1 aromatic heterocycles. The normalized spacial score (nSPS) is 10.8. The van der Waals surface area contributed by atoms with Crippen molar-refractivity contribution in [3.63, 3.8) is 0 Å². The molecule has 1 N–H and O–H groups in total. The van der Waals surface area contributed by atoms with Crippen molar-refractivity contribution < 1.29 is 14.7 Å². The molecule has 0 saturated carbocycles. The molecule has 17 heavy (non-hydrogen) atoms. The maximum Gasteiger partial charge on any atom is 0.352 e. The van der Waals surface area contributed by atoms with E-state index < -0.39 is 5.97 Å². The number of Topliss-reactive ketones (excluding diaryl/α,β-unsaturated/α-hetero) is 1. The van der Waals surface area contributed by atoms with Gasteiger partial charge in [0.05, 0.1) is 0 Å². The number of carbonyl (C=O) groups excluding carboxylic acids is 1. The van der Waals surface area contributed by atoms with E-state index in [9.17, 15) is 9.59 Å². The van der Waals surface area contributed by atoms with Crippen LogP contribution < -0.4 is 0 Å². The molecule has 4 nitrogen and oxygen atoms in total. The van der Waals surface area contributed by atoms with Crippen LogP contribution in [0, 0.1) is 5.92 Å². The highest BCUT2D eigenvalue weighted by molar-refractivity contribution is 5.97. The lowest BCUT2D eigenvalue weighted by molar-refractivity contribution is 0.0683. The SMILES string of the molecule is CCC(CC)Cn1cc(C(C)=O)cc1C(=O)O. The fraction of sp³-hybridized carbons (Fsp3) is 0.538. The first-order valence-electron chi connectivity index (χ1n) is 5.93. The van der Waals surface area contributed by atoms with Gasteiger partial charge in [0.15, 0.2) is 5.78 Å². The van der Waals surface area contributed by atoms with Gasteiger partial charge in [-0.2, -0.15) is 0 Å². The van der Waals surface area contributed by atoms with E-state index in [1.807, 2.05) is 0 Å². The average molecular weight is 237 g/mol. The Bertz CT molecular complexity index is 416. The maximum atomic E-state index is 11.3. The molecular formula is C13H19NO3. The Labute approximate surface area is 101 Å². The van der Waals surface area contributed by atoms with Gasteiger partial charge in [0.2, 0.25) is 0 Å². The van der Waals surface area contributed by atoms with Crippen molar-refractivity contribution in [2.24, 2.45) is 5.92 Å². The van der Waals surface area contributed by atoms with Gasteiger partial charge in [0, 0.05) is 18.3 Å². The number of ketones is 1. The summed E-state index contributed by atoms with van der Waals surface area (Å²) in [5.74, 6) is -0.639. The minimum atomic E-state index is -0.983. The van der Waals surface area contributed by atoms with E-state index in [-0.39, 0.29) is 11.5 Å². The molecule has 0 amide bonds. The molecule has 0 unspecified atom stereocenters. The summed E-state index contributed by atoms with van der Waals surface area (Å²) >= 11 is 0. The smallest absolute Gasteiger partial charge is 0.352 e. The number of hydrogen-bond acceptors (Lipinski definition) is 2. The first-order valence-corrected chi connectivity index (χ1v) is 5.93. The van der Waals surface area contributed by atoms with E-state index in [0.717, 1.165) is 12.8 Å².